The molecule has 136 valence electrons. The molecule has 4 aromatic rings. The Morgan fingerprint density at radius 1 is 1.30 bits per heavy atom. The highest BCUT2D eigenvalue weighted by molar-refractivity contribution is 6.34. The van der Waals surface area contributed by atoms with Crippen molar-refractivity contribution in [3.8, 4) is 17.1 Å². The summed E-state index contributed by atoms with van der Waals surface area (Å²) in [5.74, 6) is 1.18. The lowest BCUT2D eigenvalue weighted by Crippen LogP contribution is -2.14. The minimum absolute atomic E-state index is 0.351. The lowest BCUT2D eigenvalue weighted by molar-refractivity contribution is 0.102. The van der Waals surface area contributed by atoms with Crippen LogP contribution in [0.15, 0.2) is 47.2 Å². The molecule has 0 aliphatic rings. The van der Waals surface area contributed by atoms with Crippen LogP contribution in [0.3, 0.4) is 0 Å². The summed E-state index contributed by atoms with van der Waals surface area (Å²) in [7, 11) is 1.57. The van der Waals surface area contributed by atoms with Crippen molar-refractivity contribution in [3.63, 3.8) is 0 Å². The Morgan fingerprint density at radius 2 is 2.15 bits per heavy atom. The molecule has 3 aromatic heterocycles. The molecule has 0 aliphatic heterocycles. The number of methoxy groups -OCH3 is 1. The van der Waals surface area contributed by atoms with Gasteiger partial charge in [0.2, 0.25) is 11.7 Å². The Morgan fingerprint density at radius 3 is 2.89 bits per heavy atom. The number of anilines is 1. The van der Waals surface area contributed by atoms with Gasteiger partial charge in [-0.2, -0.15) is 4.98 Å². The molecule has 0 spiro atoms. The molecule has 3 heterocycles. The zero-order valence-corrected chi connectivity index (χ0v) is 15.2. The van der Waals surface area contributed by atoms with Crippen LogP contribution < -0.4 is 10.1 Å². The van der Waals surface area contributed by atoms with Gasteiger partial charge in [-0.25, -0.2) is 4.98 Å². The fraction of sp³-hybridized carbons (Fsp3) is 0.111. The SMILES string of the molecule is COc1ccn2c(C(=O)Nc3cc(-c4noc(C)n4)ccc3Cl)cnc2c1. The van der Waals surface area contributed by atoms with Gasteiger partial charge in [0, 0.05) is 24.8 Å². The zero-order valence-electron chi connectivity index (χ0n) is 14.4. The Kier molecular flexibility index (Phi) is 4.25. The largest absolute Gasteiger partial charge is 0.497 e. The van der Waals surface area contributed by atoms with Gasteiger partial charge in [-0.3, -0.25) is 9.20 Å². The molecule has 0 radical (unpaired) electrons. The Bertz CT molecular complexity index is 1150. The number of carbonyl (C=O) groups is 1. The predicted octanol–water partition coefficient (Wildman–Crippen LogP) is 3.61. The van der Waals surface area contributed by atoms with Gasteiger partial charge in [0.05, 0.1) is 24.0 Å². The van der Waals surface area contributed by atoms with E-state index < -0.39 is 0 Å². The van der Waals surface area contributed by atoms with Crippen molar-refractivity contribution in [2.75, 3.05) is 12.4 Å². The smallest absolute Gasteiger partial charge is 0.274 e. The number of aromatic nitrogens is 4. The lowest BCUT2D eigenvalue weighted by atomic mass is 10.2. The molecule has 1 N–H and O–H groups in total. The first-order valence-electron chi connectivity index (χ1n) is 7.98. The van der Waals surface area contributed by atoms with E-state index in [0.717, 1.165) is 0 Å². The van der Waals surface area contributed by atoms with Crippen LogP contribution in [0.25, 0.3) is 17.0 Å². The highest BCUT2D eigenvalue weighted by Crippen LogP contribution is 2.28. The number of nitrogens with zero attached hydrogens (tertiary/aromatic N) is 4. The van der Waals surface area contributed by atoms with E-state index in [1.807, 2.05) is 0 Å². The molecule has 27 heavy (non-hydrogen) atoms. The van der Waals surface area contributed by atoms with E-state index in [1.54, 1.807) is 55.0 Å². The molecule has 4 rings (SSSR count). The van der Waals surface area contributed by atoms with Crippen molar-refractivity contribution in [2.45, 2.75) is 6.92 Å². The summed E-state index contributed by atoms with van der Waals surface area (Å²) in [5.41, 5.74) is 2.07. The Hall–Kier alpha value is -3.39. The molecule has 9 heteroatoms. The van der Waals surface area contributed by atoms with Crippen LogP contribution in [-0.2, 0) is 0 Å². The molecule has 1 amide bonds. The summed E-state index contributed by atoms with van der Waals surface area (Å²) in [4.78, 5) is 21.2. The molecule has 0 atom stereocenters. The van der Waals surface area contributed by atoms with E-state index in [4.69, 9.17) is 20.9 Å². The second-order valence-corrected chi connectivity index (χ2v) is 6.13. The molecule has 8 nitrogen and oxygen atoms in total. The number of nitrogens with one attached hydrogen (secondary N) is 1. The van der Waals surface area contributed by atoms with E-state index in [1.165, 1.54) is 6.20 Å². The first kappa shape index (κ1) is 17.0. The molecular weight excluding hydrogens is 370 g/mol. The predicted molar refractivity (Wildman–Crippen MR) is 99.2 cm³/mol. The van der Waals surface area contributed by atoms with Crippen molar-refractivity contribution >= 4 is 28.8 Å². The van der Waals surface area contributed by atoms with Gasteiger partial charge in [-0.15, -0.1) is 0 Å². The number of hydrogen-bond donors (Lipinski definition) is 1. The van der Waals surface area contributed by atoms with Crippen LogP contribution in [0.1, 0.15) is 16.4 Å². The molecule has 0 saturated carbocycles. The van der Waals surface area contributed by atoms with Gasteiger partial charge in [0.15, 0.2) is 0 Å². The summed E-state index contributed by atoms with van der Waals surface area (Å²) in [6.45, 7) is 1.70. The van der Waals surface area contributed by atoms with Crippen LogP contribution in [0.2, 0.25) is 5.02 Å². The van der Waals surface area contributed by atoms with E-state index in [9.17, 15) is 4.79 Å². The highest BCUT2D eigenvalue weighted by Gasteiger charge is 2.16. The number of aryl methyl sites for hydroxylation is 1. The molecule has 0 unspecified atom stereocenters. The highest BCUT2D eigenvalue weighted by atomic mass is 35.5. The second-order valence-electron chi connectivity index (χ2n) is 5.72. The van der Waals surface area contributed by atoms with Gasteiger partial charge < -0.3 is 14.6 Å². The number of fused-ring (bicyclic) bond motifs is 1. The van der Waals surface area contributed by atoms with Crippen molar-refractivity contribution < 1.29 is 14.1 Å². The summed E-state index contributed by atoms with van der Waals surface area (Å²) in [6, 6.07) is 8.59. The number of rotatable bonds is 4. The van der Waals surface area contributed by atoms with Gasteiger partial charge in [0.1, 0.15) is 17.1 Å². The summed E-state index contributed by atoms with van der Waals surface area (Å²) in [6.07, 6.45) is 3.21. The maximum Gasteiger partial charge on any atom is 0.274 e. The minimum atomic E-state index is -0.351. The number of pyridine rings is 1. The average molecular weight is 384 g/mol. The Labute approximate surface area is 158 Å². The number of amides is 1. The van der Waals surface area contributed by atoms with Crippen LogP contribution >= 0.6 is 11.6 Å². The van der Waals surface area contributed by atoms with Gasteiger partial charge in [-0.1, -0.05) is 16.8 Å². The number of halogens is 1. The van der Waals surface area contributed by atoms with Gasteiger partial charge in [-0.05, 0) is 24.3 Å². The van der Waals surface area contributed by atoms with Crippen molar-refractivity contribution in [3.05, 3.63) is 59.3 Å². The molecule has 1 aromatic carbocycles. The van der Waals surface area contributed by atoms with Crippen molar-refractivity contribution in [1.82, 2.24) is 19.5 Å². The fourth-order valence-corrected chi connectivity index (χ4v) is 2.78. The maximum absolute atomic E-state index is 12.7. The van der Waals surface area contributed by atoms with E-state index in [2.05, 4.69) is 20.4 Å². The van der Waals surface area contributed by atoms with Crippen molar-refractivity contribution in [2.24, 2.45) is 0 Å². The van der Waals surface area contributed by atoms with Gasteiger partial charge in [0.25, 0.3) is 5.91 Å². The maximum atomic E-state index is 12.7. The standard InChI is InChI=1S/C18H14ClN5O3/c1-10-21-17(23-27-10)11-3-4-13(19)14(7-11)22-18(25)15-9-20-16-8-12(26-2)5-6-24(15)16/h3-9H,1-2H3,(H,22,25). The number of hydrogen-bond acceptors (Lipinski definition) is 6. The Balaban J connectivity index is 1.65. The third-order valence-electron chi connectivity index (χ3n) is 3.95. The third-order valence-corrected chi connectivity index (χ3v) is 4.28. The van der Waals surface area contributed by atoms with E-state index >= 15 is 0 Å². The topological polar surface area (TPSA) is 94.6 Å². The summed E-state index contributed by atoms with van der Waals surface area (Å²) < 4.78 is 11.8. The summed E-state index contributed by atoms with van der Waals surface area (Å²) in [5, 5.41) is 7.07. The van der Waals surface area contributed by atoms with Crippen LogP contribution in [-0.4, -0.2) is 32.5 Å². The molecular formula is C18H14ClN5O3. The fourth-order valence-electron chi connectivity index (χ4n) is 2.62. The number of carbonyl (C=O) groups excluding carboxylic acids is 1. The third kappa shape index (κ3) is 3.22. The first-order chi connectivity index (χ1) is 13.0. The van der Waals surface area contributed by atoms with Crippen LogP contribution in [0.5, 0.6) is 5.75 Å². The molecule has 0 saturated heterocycles. The normalized spacial score (nSPS) is 10.9. The quantitative estimate of drug-likeness (QED) is 0.578. The minimum Gasteiger partial charge on any atom is -0.497 e. The van der Waals surface area contributed by atoms with Crippen LogP contribution in [0, 0.1) is 6.92 Å². The number of imidazole rings is 1. The van der Waals surface area contributed by atoms with E-state index in [-0.39, 0.29) is 5.91 Å². The second kappa shape index (κ2) is 6.73. The first-order valence-corrected chi connectivity index (χ1v) is 8.35. The lowest BCUT2D eigenvalue weighted by Gasteiger charge is -2.08. The average Bonchev–Trinajstić information content (AvgIpc) is 3.29. The number of ether oxygens (including phenoxy) is 1. The van der Waals surface area contributed by atoms with E-state index in [0.29, 0.717) is 45.1 Å². The molecule has 0 bridgehead atoms. The number of benzene rings is 1. The summed E-state index contributed by atoms with van der Waals surface area (Å²) >= 11 is 6.23. The zero-order chi connectivity index (χ0) is 19.0. The molecule has 0 aliphatic carbocycles. The van der Waals surface area contributed by atoms with Crippen molar-refractivity contribution in [1.29, 1.82) is 0 Å². The monoisotopic (exact) mass is 383 g/mol. The van der Waals surface area contributed by atoms with Gasteiger partial charge >= 0.3 is 0 Å². The molecule has 0 fully saturated rings. The van der Waals surface area contributed by atoms with Crippen LogP contribution in [0.4, 0.5) is 5.69 Å².